The van der Waals surface area contributed by atoms with Crippen molar-refractivity contribution in [2.45, 2.75) is 106 Å². The van der Waals surface area contributed by atoms with Crippen LogP contribution in [0.1, 0.15) is 151 Å². The van der Waals surface area contributed by atoms with Crippen molar-refractivity contribution in [3.05, 3.63) is 304 Å². The lowest BCUT2D eigenvalue weighted by molar-refractivity contribution is 0.345. The monoisotopic (exact) mass is 1080 g/mol. The largest absolute Gasteiger partial charge is 0.457 e. The molecule has 7 aliphatic rings. The van der Waals surface area contributed by atoms with E-state index in [9.17, 15) is 0 Å². The van der Waals surface area contributed by atoms with Gasteiger partial charge in [-0.15, -0.1) is 0 Å². The second-order valence-corrected chi connectivity index (χ2v) is 25.4. The number of fused-ring (bicyclic) bond motifs is 18. The average molecular weight is 1080 g/mol. The van der Waals surface area contributed by atoms with E-state index in [1.54, 1.807) is 0 Å². The summed E-state index contributed by atoms with van der Waals surface area (Å²) in [5.41, 5.74) is 27.8. The molecule has 10 aromatic carbocycles. The Morgan fingerprint density at radius 2 is 0.905 bits per heavy atom. The molecule has 2 nitrogen and oxygen atoms in total. The van der Waals surface area contributed by atoms with Gasteiger partial charge in [0.1, 0.15) is 11.5 Å². The summed E-state index contributed by atoms with van der Waals surface area (Å²) in [7, 11) is 0. The quantitative estimate of drug-likeness (QED) is 0.158. The predicted molar refractivity (Wildman–Crippen MR) is 347 cm³/mol. The Morgan fingerprint density at radius 1 is 0.405 bits per heavy atom. The fraction of sp³-hybridized carbons (Fsp3) is 0.220. The number of ether oxygens (including phenoxy) is 1. The van der Waals surface area contributed by atoms with Gasteiger partial charge in [-0.3, -0.25) is 0 Å². The molecular formula is C82H69NO. The molecule has 0 radical (unpaired) electrons. The van der Waals surface area contributed by atoms with Crippen LogP contribution in [0, 0.1) is 5.92 Å². The molecule has 0 N–H and O–H groups in total. The van der Waals surface area contributed by atoms with Crippen molar-refractivity contribution in [1.82, 2.24) is 0 Å². The van der Waals surface area contributed by atoms with Gasteiger partial charge >= 0.3 is 0 Å². The minimum absolute atomic E-state index is 0.143. The van der Waals surface area contributed by atoms with Crippen molar-refractivity contribution in [3.63, 3.8) is 0 Å². The molecule has 1 aliphatic heterocycles. The van der Waals surface area contributed by atoms with Gasteiger partial charge in [0, 0.05) is 34.0 Å². The van der Waals surface area contributed by atoms with Crippen LogP contribution < -0.4 is 9.64 Å². The number of rotatable bonds is 7. The highest BCUT2D eigenvalue weighted by Crippen LogP contribution is 2.66. The van der Waals surface area contributed by atoms with Gasteiger partial charge < -0.3 is 9.64 Å². The van der Waals surface area contributed by atoms with Gasteiger partial charge in [-0.25, -0.2) is 0 Å². The van der Waals surface area contributed by atoms with E-state index in [1.165, 1.54) is 170 Å². The molecule has 2 heteroatoms. The topological polar surface area (TPSA) is 12.5 Å². The molecule has 0 amide bonds. The molecule has 10 aromatic rings. The highest BCUT2D eigenvalue weighted by molar-refractivity contribution is 5.97. The van der Waals surface area contributed by atoms with Gasteiger partial charge in [-0.1, -0.05) is 251 Å². The summed E-state index contributed by atoms with van der Waals surface area (Å²) in [5, 5.41) is 0. The maximum Gasteiger partial charge on any atom is 0.131 e. The van der Waals surface area contributed by atoms with E-state index >= 15 is 0 Å². The number of anilines is 3. The van der Waals surface area contributed by atoms with Crippen LogP contribution in [-0.4, -0.2) is 0 Å². The molecule has 6 aliphatic carbocycles. The number of benzene rings is 10. The molecule has 408 valence electrons. The molecule has 2 atom stereocenters. The van der Waals surface area contributed by atoms with E-state index in [-0.39, 0.29) is 11.8 Å². The van der Waals surface area contributed by atoms with Crippen molar-refractivity contribution in [3.8, 4) is 56.0 Å². The smallest absolute Gasteiger partial charge is 0.131 e. The van der Waals surface area contributed by atoms with Gasteiger partial charge in [0.15, 0.2) is 0 Å². The van der Waals surface area contributed by atoms with Gasteiger partial charge in [0.25, 0.3) is 0 Å². The minimum Gasteiger partial charge on any atom is -0.457 e. The number of para-hydroxylation sites is 1. The molecule has 2 unspecified atom stereocenters. The SMILES string of the molecule is CC1C2=CC=CCC2c2ccc(N(c3ccc4c(c3)C3(c5ccccc5-c5ccccc53)c3ccccc3-4)c3ccccc3-c3ccc(-c4ccccc4)cc3)cc2C12c1cc(C3CCCCC3)ccc1Oc1ccc(C3CCCCC3)cc12. The van der Waals surface area contributed by atoms with Crippen LogP contribution in [0.3, 0.4) is 0 Å². The Bertz CT molecular complexity index is 4180. The molecule has 0 bridgehead atoms. The van der Waals surface area contributed by atoms with Crippen LogP contribution in [-0.2, 0) is 10.8 Å². The first-order valence-corrected chi connectivity index (χ1v) is 31.5. The van der Waals surface area contributed by atoms with Crippen molar-refractivity contribution < 1.29 is 4.74 Å². The average Bonchev–Trinajstić information content (AvgIpc) is 1.31. The highest BCUT2D eigenvalue weighted by atomic mass is 16.5. The van der Waals surface area contributed by atoms with Gasteiger partial charge in [-0.05, 0) is 176 Å². The molecule has 0 saturated heterocycles. The first-order valence-electron chi connectivity index (χ1n) is 31.5. The fourth-order valence-electron chi connectivity index (χ4n) is 17.5. The second kappa shape index (κ2) is 19.7. The zero-order valence-electron chi connectivity index (χ0n) is 48.0. The number of nitrogens with zero attached hydrogens (tertiary/aromatic N) is 1. The van der Waals surface area contributed by atoms with Crippen LogP contribution in [0.2, 0.25) is 0 Å². The fourth-order valence-corrected chi connectivity index (χ4v) is 17.5. The van der Waals surface area contributed by atoms with Crippen LogP contribution in [0.5, 0.6) is 11.5 Å². The Balaban J connectivity index is 0.940. The first kappa shape index (κ1) is 49.9. The third-order valence-corrected chi connectivity index (χ3v) is 21.4. The molecule has 84 heavy (non-hydrogen) atoms. The summed E-state index contributed by atoms with van der Waals surface area (Å²) in [6, 6.07) is 86.9. The molecule has 2 saturated carbocycles. The number of hydrogen-bond donors (Lipinski definition) is 0. The Morgan fingerprint density at radius 3 is 1.51 bits per heavy atom. The summed E-state index contributed by atoms with van der Waals surface area (Å²) in [6.07, 6.45) is 21.1. The van der Waals surface area contributed by atoms with Crippen LogP contribution >= 0.6 is 0 Å². The maximum atomic E-state index is 7.33. The van der Waals surface area contributed by atoms with Gasteiger partial charge in [-0.2, -0.15) is 0 Å². The zero-order chi connectivity index (χ0) is 55.5. The van der Waals surface area contributed by atoms with Crippen molar-refractivity contribution in [2.75, 3.05) is 4.90 Å². The zero-order valence-corrected chi connectivity index (χ0v) is 48.0. The van der Waals surface area contributed by atoms with Crippen LogP contribution in [0.25, 0.3) is 44.5 Å². The molecule has 1 heterocycles. The van der Waals surface area contributed by atoms with E-state index in [4.69, 9.17) is 4.74 Å². The molecule has 0 aromatic heterocycles. The second-order valence-electron chi connectivity index (χ2n) is 25.4. The minimum atomic E-state index is -0.545. The van der Waals surface area contributed by atoms with Gasteiger partial charge in [0.2, 0.25) is 0 Å². The van der Waals surface area contributed by atoms with Crippen molar-refractivity contribution in [1.29, 1.82) is 0 Å². The third-order valence-electron chi connectivity index (χ3n) is 21.4. The summed E-state index contributed by atoms with van der Waals surface area (Å²) in [6.45, 7) is 2.58. The van der Waals surface area contributed by atoms with Crippen LogP contribution in [0.15, 0.2) is 248 Å². The lowest BCUT2D eigenvalue weighted by Gasteiger charge is -2.52. The number of hydrogen-bond acceptors (Lipinski definition) is 2. The Hall–Kier alpha value is -8.72. The number of allylic oxidation sites excluding steroid dienone is 4. The van der Waals surface area contributed by atoms with E-state index in [0.29, 0.717) is 11.8 Å². The lowest BCUT2D eigenvalue weighted by atomic mass is 9.51. The van der Waals surface area contributed by atoms with Gasteiger partial charge in [0.05, 0.1) is 16.5 Å². The molecular weight excluding hydrogens is 1010 g/mol. The van der Waals surface area contributed by atoms with Crippen molar-refractivity contribution in [2.24, 2.45) is 5.92 Å². The van der Waals surface area contributed by atoms with E-state index in [2.05, 4.69) is 255 Å². The Labute approximate surface area is 495 Å². The third kappa shape index (κ3) is 7.35. The summed E-state index contributed by atoms with van der Waals surface area (Å²) in [4.78, 5) is 2.63. The van der Waals surface area contributed by atoms with Crippen LogP contribution in [0.4, 0.5) is 17.1 Å². The Kier molecular flexibility index (Phi) is 11.7. The lowest BCUT2D eigenvalue weighted by Crippen LogP contribution is -2.45. The molecule has 2 spiro atoms. The molecule has 2 fully saturated rings. The summed E-state index contributed by atoms with van der Waals surface area (Å²) >= 11 is 0. The van der Waals surface area contributed by atoms with E-state index in [0.717, 1.165) is 35.0 Å². The van der Waals surface area contributed by atoms with Crippen molar-refractivity contribution >= 4 is 17.1 Å². The molecule has 17 rings (SSSR count). The standard InChI is InChI=1S/C82H69NO/c1-53-63-27-11-12-29-65(63)69-45-43-61(51-74(69)81(53)76-49-59(55-23-7-3-8-24-55)41-47-79(76)84-80-48-42-60(50-77(80)81)56-25-9-4-10-26-56)83(78-36-20-16-28-64(78)58-39-37-57(38-40-58)54-21-5-2-6-22-54)62-44-46-70-68-32-15-19-35-73(68)82(75(70)52-62)71-33-17-13-30-66(71)67-31-14-18-34-72(67)82/h2,5-6,11-22,27-28,30-53,55-56,65H,3-4,7-10,23-26,29H2,1H3. The predicted octanol–water partition coefficient (Wildman–Crippen LogP) is 22.0. The van der Waals surface area contributed by atoms with E-state index in [1.807, 2.05) is 0 Å². The van der Waals surface area contributed by atoms with E-state index < -0.39 is 10.8 Å². The highest BCUT2D eigenvalue weighted by Gasteiger charge is 2.55. The normalized spacial score (nSPS) is 19.2. The maximum absolute atomic E-state index is 7.33. The first-order chi connectivity index (χ1) is 41.6. The summed E-state index contributed by atoms with van der Waals surface area (Å²) in [5.74, 6) is 3.51. The summed E-state index contributed by atoms with van der Waals surface area (Å²) < 4.78 is 7.33.